The van der Waals surface area contributed by atoms with Crippen molar-refractivity contribution in [1.82, 2.24) is 0 Å². The molecule has 0 N–H and O–H groups in total. The minimum Gasteiger partial charge on any atom is -0.385 e. The predicted molar refractivity (Wildman–Crippen MR) is 73.2 cm³/mol. The first-order valence-electron chi connectivity index (χ1n) is 6.63. The lowest BCUT2D eigenvalue weighted by Gasteiger charge is -2.05. The second-order valence-corrected chi connectivity index (χ2v) is 4.35. The normalized spacial score (nSPS) is 10.7. The molecule has 0 unspecified atom stereocenters. The summed E-state index contributed by atoms with van der Waals surface area (Å²) < 4.78 is 28.1. The van der Waals surface area contributed by atoms with E-state index in [-0.39, 0.29) is 24.6 Å². The molecular formula is C15H21FO4. The van der Waals surface area contributed by atoms with Crippen molar-refractivity contribution in [3.63, 3.8) is 0 Å². The lowest BCUT2D eigenvalue weighted by atomic mass is 10.1. The monoisotopic (exact) mass is 284 g/mol. The van der Waals surface area contributed by atoms with Crippen LogP contribution in [0.5, 0.6) is 0 Å². The van der Waals surface area contributed by atoms with Gasteiger partial charge in [0.2, 0.25) is 0 Å². The second kappa shape index (κ2) is 10.5. The summed E-state index contributed by atoms with van der Waals surface area (Å²) in [6, 6.07) is 5.90. The summed E-state index contributed by atoms with van der Waals surface area (Å²) in [7, 11) is 1.65. The molecule has 4 nitrogen and oxygen atoms in total. The Morgan fingerprint density at radius 1 is 1.05 bits per heavy atom. The molecule has 0 bridgehead atoms. The van der Waals surface area contributed by atoms with E-state index >= 15 is 0 Å². The smallest absolute Gasteiger partial charge is 0.162 e. The van der Waals surface area contributed by atoms with Crippen LogP contribution in [0, 0.1) is 5.82 Å². The molecule has 0 aliphatic heterocycles. The average Bonchev–Trinajstić information content (AvgIpc) is 2.44. The highest BCUT2D eigenvalue weighted by Crippen LogP contribution is 2.04. The molecule has 1 rings (SSSR count). The van der Waals surface area contributed by atoms with E-state index in [2.05, 4.69) is 0 Å². The van der Waals surface area contributed by atoms with E-state index in [0.717, 1.165) is 12.0 Å². The van der Waals surface area contributed by atoms with Crippen molar-refractivity contribution in [2.24, 2.45) is 0 Å². The van der Waals surface area contributed by atoms with Gasteiger partial charge in [0, 0.05) is 26.7 Å². The number of methoxy groups -OCH3 is 1. The maximum absolute atomic E-state index is 12.7. The van der Waals surface area contributed by atoms with Crippen LogP contribution in [0.3, 0.4) is 0 Å². The van der Waals surface area contributed by atoms with Gasteiger partial charge < -0.3 is 14.2 Å². The van der Waals surface area contributed by atoms with E-state index < -0.39 is 0 Å². The molecule has 20 heavy (non-hydrogen) atoms. The molecule has 1 aromatic rings. The summed E-state index contributed by atoms with van der Waals surface area (Å²) in [5, 5.41) is 0. The molecule has 0 heterocycles. The molecule has 0 fully saturated rings. The van der Waals surface area contributed by atoms with E-state index in [1.807, 2.05) is 0 Å². The van der Waals surface area contributed by atoms with Gasteiger partial charge in [-0.3, -0.25) is 4.79 Å². The highest BCUT2D eigenvalue weighted by atomic mass is 19.1. The van der Waals surface area contributed by atoms with Crippen molar-refractivity contribution in [2.45, 2.75) is 12.8 Å². The fourth-order valence-corrected chi connectivity index (χ4v) is 1.59. The summed E-state index contributed by atoms with van der Waals surface area (Å²) in [5.41, 5.74) is 0.788. The number of carbonyl (C=O) groups is 1. The Labute approximate surface area is 118 Å². The Hall–Kier alpha value is -1.30. The number of hydrogen-bond acceptors (Lipinski definition) is 4. The van der Waals surface area contributed by atoms with Crippen molar-refractivity contribution in [2.75, 3.05) is 40.1 Å². The van der Waals surface area contributed by atoms with Gasteiger partial charge in [-0.1, -0.05) is 12.1 Å². The number of rotatable bonds is 11. The van der Waals surface area contributed by atoms with E-state index in [0.29, 0.717) is 26.4 Å². The van der Waals surface area contributed by atoms with Gasteiger partial charge in [0.25, 0.3) is 0 Å². The fourth-order valence-electron chi connectivity index (χ4n) is 1.59. The van der Waals surface area contributed by atoms with Crippen molar-refractivity contribution >= 4 is 5.78 Å². The SMILES string of the molecule is COCCCOCCOCC(=O)Cc1ccc(F)cc1. The fraction of sp³-hybridized carbons (Fsp3) is 0.533. The van der Waals surface area contributed by atoms with Crippen molar-refractivity contribution < 1.29 is 23.4 Å². The Morgan fingerprint density at radius 3 is 2.45 bits per heavy atom. The van der Waals surface area contributed by atoms with Crippen molar-refractivity contribution in [3.05, 3.63) is 35.6 Å². The molecule has 0 radical (unpaired) electrons. The number of ether oxygens (including phenoxy) is 3. The van der Waals surface area contributed by atoms with Crippen LogP contribution in [0.1, 0.15) is 12.0 Å². The van der Waals surface area contributed by atoms with Crippen LogP contribution >= 0.6 is 0 Å². The van der Waals surface area contributed by atoms with Crippen LogP contribution < -0.4 is 0 Å². The minimum absolute atomic E-state index is 0.0315. The number of carbonyl (C=O) groups excluding carboxylic acids is 1. The van der Waals surface area contributed by atoms with Gasteiger partial charge in [0.1, 0.15) is 12.4 Å². The number of halogens is 1. The van der Waals surface area contributed by atoms with Gasteiger partial charge in [-0.05, 0) is 24.1 Å². The van der Waals surface area contributed by atoms with Gasteiger partial charge in [0.05, 0.1) is 13.2 Å². The Balaban J connectivity index is 2.01. The van der Waals surface area contributed by atoms with Crippen LogP contribution in [0.25, 0.3) is 0 Å². The van der Waals surface area contributed by atoms with Gasteiger partial charge >= 0.3 is 0 Å². The predicted octanol–water partition coefficient (Wildman–Crippen LogP) is 2.01. The van der Waals surface area contributed by atoms with Crippen LogP contribution in [0.2, 0.25) is 0 Å². The van der Waals surface area contributed by atoms with E-state index in [9.17, 15) is 9.18 Å². The number of ketones is 1. The van der Waals surface area contributed by atoms with Crippen LogP contribution in [0.4, 0.5) is 4.39 Å². The highest BCUT2D eigenvalue weighted by molar-refractivity contribution is 5.82. The molecular weight excluding hydrogens is 263 g/mol. The van der Waals surface area contributed by atoms with Gasteiger partial charge in [0.15, 0.2) is 5.78 Å². The average molecular weight is 284 g/mol. The van der Waals surface area contributed by atoms with Crippen LogP contribution in [-0.4, -0.2) is 45.9 Å². The summed E-state index contributed by atoms with van der Waals surface area (Å²) in [6.07, 6.45) is 1.11. The van der Waals surface area contributed by atoms with Crippen molar-refractivity contribution in [1.29, 1.82) is 0 Å². The zero-order valence-electron chi connectivity index (χ0n) is 11.8. The second-order valence-electron chi connectivity index (χ2n) is 4.35. The van der Waals surface area contributed by atoms with E-state index in [4.69, 9.17) is 14.2 Å². The zero-order valence-corrected chi connectivity index (χ0v) is 11.8. The highest BCUT2D eigenvalue weighted by Gasteiger charge is 2.04. The Morgan fingerprint density at radius 2 is 1.75 bits per heavy atom. The summed E-state index contributed by atoms with van der Waals surface area (Å²) in [6.45, 7) is 2.21. The van der Waals surface area contributed by atoms with Crippen LogP contribution in [-0.2, 0) is 25.4 Å². The van der Waals surface area contributed by atoms with E-state index in [1.165, 1.54) is 12.1 Å². The Bertz CT molecular complexity index is 378. The largest absolute Gasteiger partial charge is 0.385 e. The molecule has 0 aliphatic rings. The molecule has 112 valence electrons. The van der Waals surface area contributed by atoms with E-state index in [1.54, 1.807) is 19.2 Å². The summed E-state index contributed by atoms with van der Waals surface area (Å²) >= 11 is 0. The summed E-state index contributed by atoms with van der Waals surface area (Å²) in [4.78, 5) is 11.6. The minimum atomic E-state index is -0.303. The third-order valence-electron chi connectivity index (χ3n) is 2.59. The third kappa shape index (κ3) is 7.99. The molecule has 0 spiro atoms. The standard InChI is InChI=1S/C15H21FO4/c1-18-7-2-8-19-9-10-20-12-15(17)11-13-3-5-14(16)6-4-13/h3-6H,2,7-12H2,1H3. The quantitative estimate of drug-likeness (QED) is 0.583. The van der Waals surface area contributed by atoms with Gasteiger partial charge in [-0.25, -0.2) is 4.39 Å². The molecule has 0 saturated carbocycles. The molecule has 0 saturated heterocycles. The maximum atomic E-state index is 12.7. The molecule has 0 aromatic heterocycles. The topological polar surface area (TPSA) is 44.8 Å². The first-order chi connectivity index (χ1) is 9.72. The maximum Gasteiger partial charge on any atom is 0.162 e. The molecule has 1 aromatic carbocycles. The molecule has 0 amide bonds. The number of Topliss-reactive ketones (excluding diaryl/α,β-unsaturated/α-hetero) is 1. The first-order valence-corrected chi connectivity index (χ1v) is 6.63. The van der Waals surface area contributed by atoms with Crippen molar-refractivity contribution in [3.8, 4) is 0 Å². The lowest BCUT2D eigenvalue weighted by Crippen LogP contribution is -2.14. The number of hydrogen-bond donors (Lipinski definition) is 0. The van der Waals surface area contributed by atoms with Crippen LogP contribution in [0.15, 0.2) is 24.3 Å². The molecule has 0 aliphatic carbocycles. The van der Waals surface area contributed by atoms with Gasteiger partial charge in [-0.15, -0.1) is 0 Å². The number of benzene rings is 1. The zero-order chi connectivity index (χ0) is 14.6. The third-order valence-corrected chi connectivity index (χ3v) is 2.59. The molecule has 0 atom stereocenters. The lowest BCUT2D eigenvalue weighted by molar-refractivity contribution is -0.123. The molecule has 5 heteroatoms. The first kappa shape index (κ1) is 16.8. The van der Waals surface area contributed by atoms with Gasteiger partial charge in [-0.2, -0.15) is 0 Å². The Kier molecular flexibility index (Phi) is 8.78. The summed E-state index contributed by atoms with van der Waals surface area (Å²) in [5.74, 6) is -0.334.